The minimum atomic E-state index is -0.716. The fourth-order valence-corrected chi connectivity index (χ4v) is 3.67. The second kappa shape index (κ2) is 10.5. The van der Waals surface area contributed by atoms with E-state index in [2.05, 4.69) is 11.4 Å². The van der Waals surface area contributed by atoms with Crippen molar-refractivity contribution in [3.05, 3.63) is 29.5 Å². The molecular weight excluding hydrogens is 412 g/mol. The number of nitrogens with zero attached hydrogens (tertiary/aromatic N) is 1. The Bertz CT molecular complexity index is 904. The number of hydrogen-bond donors (Lipinski definition) is 1. The highest BCUT2D eigenvalue weighted by Gasteiger charge is 2.35. The van der Waals surface area contributed by atoms with Gasteiger partial charge in [-0.05, 0) is 38.5 Å². The number of hydrogen-bond acceptors (Lipinski definition) is 6. The second-order valence-corrected chi connectivity index (χ2v) is 8.41. The first kappa shape index (κ1) is 23.6. The van der Waals surface area contributed by atoms with Crippen molar-refractivity contribution in [1.29, 1.82) is 0 Å². The number of anilines is 1. The quantitative estimate of drug-likeness (QED) is 0.581. The number of ether oxygens (including phenoxy) is 3. The molecule has 1 fully saturated rings. The van der Waals surface area contributed by atoms with Crippen LogP contribution in [0.1, 0.15) is 62.7 Å². The maximum Gasteiger partial charge on any atom is 0.340 e. The van der Waals surface area contributed by atoms with E-state index in [4.69, 9.17) is 14.2 Å². The molecule has 1 aromatic carbocycles. The van der Waals surface area contributed by atoms with E-state index < -0.39 is 5.97 Å². The third-order valence-corrected chi connectivity index (χ3v) is 5.61. The fourth-order valence-electron chi connectivity index (χ4n) is 3.67. The summed E-state index contributed by atoms with van der Waals surface area (Å²) in [5.41, 5.74) is 1.38. The predicted octanol–water partition coefficient (Wildman–Crippen LogP) is 3.90. The van der Waals surface area contributed by atoms with Crippen LogP contribution in [0.15, 0.2) is 23.9 Å². The maximum absolute atomic E-state index is 12.9. The van der Waals surface area contributed by atoms with E-state index in [1.807, 2.05) is 4.90 Å². The predicted molar refractivity (Wildman–Crippen MR) is 120 cm³/mol. The van der Waals surface area contributed by atoms with Gasteiger partial charge in [-0.15, -0.1) is 0 Å². The second-order valence-electron chi connectivity index (χ2n) is 8.41. The molecule has 8 nitrogen and oxygen atoms in total. The van der Waals surface area contributed by atoms with Gasteiger partial charge in [0.25, 0.3) is 5.91 Å². The largest absolute Gasteiger partial charge is 0.493 e. The summed E-state index contributed by atoms with van der Waals surface area (Å²) in [7, 11) is 2.92. The van der Waals surface area contributed by atoms with E-state index in [1.54, 1.807) is 13.8 Å². The summed E-state index contributed by atoms with van der Waals surface area (Å²) in [6, 6.07) is 3.16. The minimum Gasteiger partial charge on any atom is -0.493 e. The Morgan fingerprint density at radius 1 is 1.09 bits per heavy atom. The highest BCUT2D eigenvalue weighted by molar-refractivity contribution is 6.03. The van der Waals surface area contributed by atoms with Crippen LogP contribution in [0.25, 0.3) is 0 Å². The van der Waals surface area contributed by atoms with Crippen LogP contribution in [-0.2, 0) is 14.3 Å². The zero-order chi connectivity index (χ0) is 23.3. The molecule has 2 aliphatic rings. The molecule has 8 heteroatoms. The first-order chi connectivity index (χ1) is 15.3. The molecule has 0 heterocycles. The first-order valence-electron chi connectivity index (χ1n) is 11.1. The van der Waals surface area contributed by atoms with E-state index in [1.165, 1.54) is 26.4 Å². The van der Waals surface area contributed by atoms with Crippen molar-refractivity contribution in [2.75, 3.05) is 26.1 Å². The van der Waals surface area contributed by atoms with Gasteiger partial charge in [0.15, 0.2) is 18.1 Å². The molecule has 0 unspecified atom stereocenters. The summed E-state index contributed by atoms with van der Waals surface area (Å²) in [5, 5.41) is 2.73. The molecule has 0 bridgehead atoms. The van der Waals surface area contributed by atoms with Crippen LogP contribution in [0.5, 0.6) is 11.5 Å². The molecule has 0 aromatic heterocycles. The zero-order valence-electron chi connectivity index (χ0n) is 19.2. The molecule has 0 aliphatic heterocycles. The van der Waals surface area contributed by atoms with Crippen molar-refractivity contribution >= 4 is 23.5 Å². The van der Waals surface area contributed by atoms with Gasteiger partial charge >= 0.3 is 5.97 Å². The summed E-state index contributed by atoms with van der Waals surface area (Å²) in [5.74, 6) is -0.798. The molecule has 0 spiro atoms. The zero-order valence-corrected chi connectivity index (χ0v) is 19.2. The van der Waals surface area contributed by atoms with Crippen molar-refractivity contribution in [1.82, 2.24) is 4.90 Å². The van der Waals surface area contributed by atoms with Gasteiger partial charge in [-0.1, -0.05) is 19.9 Å². The lowest BCUT2D eigenvalue weighted by atomic mass is 10.0. The summed E-state index contributed by atoms with van der Waals surface area (Å²) in [6.45, 7) is 3.14. The number of benzene rings is 1. The van der Waals surface area contributed by atoms with E-state index >= 15 is 0 Å². The van der Waals surface area contributed by atoms with Crippen molar-refractivity contribution in [2.24, 2.45) is 5.92 Å². The Balaban J connectivity index is 1.77. The van der Waals surface area contributed by atoms with Gasteiger partial charge in [-0.25, -0.2) is 4.79 Å². The van der Waals surface area contributed by atoms with E-state index in [0.29, 0.717) is 11.5 Å². The molecule has 0 saturated heterocycles. The van der Waals surface area contributed by atoms with Crippen molar-refractivity contribution in [2.45, 2.75) is 58.4 Å². The van der Waals surface area contributed by atoms with Gasteiger partial charge in [0.2, 0.25) is 5.91 Å². The molecule has 32 heavy (non-hydrogen) atoms. The van der Waals surface area contributed by atoms with Crippen LogP contribution >= 0.6 is 0 Å². The summed E-state index contributed by atoms with van der Waals surface area (Å²) in [4.78, 5) is 39.9. The Morgan fingerprint density at radius 2 is 1.78 bits per heavy atom. The number of esters is 1. The molecule has 1 aromatic rings. The van der Waals surface area contributed by atoms with Crippen LogP contribution in [-0.4, -0.2) is 49.6 Å². The third-order valence-electron chi connectivity index (χ3n) is 5.61. The maximum atomic E-state index is 12.9. The number of nitrogens with one attached hydrogen (secondary N) is 1. The highest BCUT2D eigenvalue weighted by Crippen LogP contribution is 2.35. The van der Waals surface area contributed by atoms with Crippen LogP contribution < -0.4 is 14.8 Å². The van der Waals surface area contributed by atoms with Crippen LogP contribution in [0.2, 0.25) is 0 Å². The van der Waals surface area contributed by atoms with Gasteiger partial charge in [0.1, 0.15) is 0 Å². The minimum absolute atomic E-state index is 0.0966. The topological polar surface area (TPSA) is 94.2 Å². The number of carbonyl (C=O) groups excluding carboxylic acids is 3. The summed E-state index contributed by atoms with van der Waals surface area (Å²) in [6.07, 6.45) is 8.10. The Labute approximate surface area is 188 Å². The standard InChI is InChI=1S/C24H32N2O6/c1-15(2)23(28)25-19-13-21(31-4)20(30-3)12-18(19)24(29)32-14-22(27)26(17-10-11-17)16-8-6-5-7-9-16/h8,12-13,15,17H,5-7,9-11,14H2,1-4H3,(H,25,28). The lowest BCUT2D eigenvalue weighted by molar-refractivity contribution is -0.133. The molecule has 0 radical (unpaired) electrons. The molecule has 2 aliphatic carbocycles. The van der Waals surface area contributed by atoms with Gasteiger partial charge < -0.3 is 24.4 Å². The van der Waals surface area contributed by atoms with Crippen molar-refractivity contribution < 1.29 is 28.6 Å². The third kappa shape index (κ3) is 5.60. The number of methoxy groups -OCH3 is 2. The molecule has 2 amide bonds. The number of carbonyl (C=O) groups is 3. The summed E-state index contributed by atoms with van der Waals surface area (Å²) >= 11 is 0. The van der Waals surface area contributed by atoms with Crippen LogP contribution in [0, 0.1) is 5.92 Å². The number of allylic oxidation sites excluding steroid dienone is 2. The molecule has 1 saturated carbocycles. The Hall–Kier alpha value is -3.03. The lowest BCUT2D eigenvalue weighted by Gasteiger charge is -2.27. The van der Waals surface area contributed by atoms with Crippen LogP contribution in [0.4, 0.5) is 5.69 Å². The normalized spacial score (nSPS) is 15.6. The summed E-state index contributed by atoms with van der Waals surface area (Å²) < 4.78 is 16.0. The monoisotopic (exact) mass is 444 g/mol. The van der Waals surface area contributed by atoms with Crippen molar-refractivity contribution in [3.8, 4) is 11.5 Å². The Morgan fingerprint density at radius 3 is 2.34 bits per heavy atom. The average Bonchev–Trinajstić information content (AvgIpc) is 3.62. The van der Waals surface area contributed by atoms with Gasteiger partial charge in [0, 0.05) is 29.8 Å². The average molecular weight is 445 g/mol. The molecule has 0 atom stereocenters. The molecule has 174 valence electrons. The number of amides is 2. The van der Waals surface area contributed by atoms with Crippen LogP contribution in [0.3, 0.4) is 0 Å². The van der Waals surface area contributed by atoms with Gasteiger partial charge in [-0.3, -0.25) is 9.59 Å². The molecule has 1 N–H and O–H groups in total. The SMILES string of the molecule is COc1cc(NC(=O)C(C)C)c(C(=O)OCC(=O)N(C2=CCCCC2)C2CC2)cc1OC. The smallest absolute Gasteiger partial charge is 0.340 e. The highest BCUT2D eigenvalue weighted by atomic mass is 16.5. The van der Waals surface area contributed by atoms with E-state index in [9.17, 15) is 14.4 Å². The molecular formula is C24H32N2O6. The number of rotatable bonds is 9. The van der Waals surface area contributed by atoms with Crippen molar-refractivity contribution in [3.63, 3.8) is 0 Å². The van der Waals surface area contributed by atoms with Gasteiger partial charge in [-0.2, -0.15) is 0 Å². The first-order valence-corrected chi connectivity index (χ1v) is 11.1. The van der Waals surface area contributed by atoms with Gasteiger partial charge in [0.05, 0.1) is 25.5 Å². The lowest BCUT2D eigenvalue weighted by Crippen LogP contribution is -2.36. The van der Waals surface area contributed by atoms with E-state index in [-0.39, 0.29) is 41.6 Å². The fraction of sp³-hybridized carbons (Fsp3) is 0.542. The molecule has 3 rings (SSSR count). The van der Waals surface area contributed by atoms with E-state index in [0.717, 1.165) is 44.2 Å². The Kier molecular flexibility index (Phi) is 7.77.